The highest BCUT2D eigenvalue weighted by Crippen LogP contribution is 2.33. The Labute approximate surface area is 200 Å². The quantitative estimate of drug-likeness (QED) is 0.568. The largest absolute Gasteiger partial charge is 0.493 e. The van der Waals surface area contributed by atoms with Crippen LogP contribution in [0.3, 0.4) is 0 Å². The molecule has 1 aliphatic rings. The van der Waals surface area contributed by atoms with Crippen LogP contribution in [0.15, 0.2) is 59.5 Å². The van der Waals surface area contributed by atoms with Crippen LogP contribution in [0.25, 0.3) is 0 Å². The second-order valence-corrected chi connectivity index (χ2v) is 10.1. The van der Waals surface area contributed by atoms with Crippen molar-refractivity contribution in [2.75, 3.05) is 25.5 Å². The third-order valence-electron chi connectivity index (χ3n) is 6.02. The molecule has 178 valence electrons. The first kappa shape index (κ1) is 23.6. The summed E-state index contributed by atoms with van der Waals surface area (Å²) in [5, 5.41) is 0. The Balaban J connectivity index is 1.49. The van der Waals surface area contributed by atoms with Crippen LogP contribution in [0.2, 0.25) is 0 Å². The van der Waals surface area contributed by atoms with Gasteiger partial charge in [-0.3, -0.25) is 9.52 Å². The molecule has 8 heteroatoms. The molecule has 3 aromatic carbocycles. The van der Waals surface area contributed by atoms with Crippen LogP contribution in [0.5, 0.6) is 11.5 Å². The van der Waals surface area contributed by atoms with Crippen LogP contribution in [0.1, 0.15) is 32.6 Å². The Morgan fingerprint density at radius 1 is 0.912 bits per heavy atom. The highest BCUT2D eigenvalue weighted by atomic mass is 32.2. The molecule has 0 fully saturated rings. The average molecular weight is 481 g/mol. The van der Waals surface area contributed by atoms with Crippen molar-refractivity contribution in [3.8, 4) is 11.5 Å². The first-order valence-electron chi connectivity index (χ1n) is 10.9. The molecule has 7 nitrogen and oxygen atoms in total. The zero-order chi connectivity index (χ0) is 24.5. The molecule has 3 aromatic rings. The number of methoxy groups -OCH3 is 2. The number of nitrogens with one attached hydrogen (secondary N) is 1. The van der Waals surface area contributed by atoms with E-state index in [4.69, 9.17) is 9.47 Å². The lowest BCUT2D eigenvalue weighted by atomic mass is 9.98. The van der Waals surface area contributed by atoms with E-state index in [-0.39, 0.29) is 10.8 Å². The van der Waals surface area contributed by atoms with Crippen molar-refractivity contribution in [1.82, 2.24) is 4.90 Å². The lowest BCUT2D eigenvalue weighted by Crippen LogP contribution is -2.36. The van der Waals surface area contributed by atoms with Gasteiger partial charge >= 0.3 is 0 Å². The van der Waals surface area contributed by atoms with E-state index in [2.05, 4.69) is 4.72 Å². The molecule has 1 aliphatic heterocycles. The predicted molar refractivity (Wildman–Crippen MR) is 131 cm³/mol. The Bertz CT molecular complexity index is 1330. The summed E-state index contributed by atoms with van der Waals surface area (Å²) in [5.41, 5.74) is 4.60. The number of anilines is 1. The van der Waals surface area contributed by atoms with Crippen LogP contribution in [-0.2, 0) is 23.0 Å². The fourth-order valence-corrected chi connectivity index (χ4v) is 5.52. The van der Waals surface area contributed by atoms with Crippen LogP contribution in [-0.4, -0.2) is 40.0 Å². The molecule has 0 saturated heterocycles. The normalized spacial score (nSPS) is 13.2. The van der Waals surface area contributed by atoms with Gasteiger partial charge in [0.25, 0.3) is 15.9 Å². The number of rotatable bonds is 6. The van der Waals surface area contributed by atoms with Crippen molar-refractivity contribution in [1.29, 1.82) is 0 Å². The average Bonchev–Trinajstić information content (AvgIpc) is 2.84. The molecule has 0 spiro atoms. The van der Waals surface area contributed by atoms with Crippen LogP contribution in [0, 0.1) is 13.8 Å². The standard InChI is InChI=1S/C26H28N2O5S/c1-17-5-6-18(2)25(13-17)34(30,31)27-22-9-7-19(8-10-22)26(29)28-12-11-20-14-23(32-3)24(33-4)15-21(20)16-28/h5-10,13-15,27H,11-12,16H2,1-4H3. The predicted octanol–water partition coefficient (Wildman–Crippen LogP) is 4.32. The van der Waals surface area contributed by atoms with Gasteiger partial charge in [-0.05, 0) is 85.0 Å². The lowest BCUT2D eigenvalue weighted by molar-refractivity contribution is 0.0734. The van der Waals surface area contributed by atoms with Crippen LogP contribution < -0.4 is 14.2 Å². The zero-order valence-electron chi connectivity index (χ0n) is 19.7. The van der Waals surface area contributed by atoms with Crippen molar-refractivity contribution >= 4 is 21.6 Å². The van der Waals surface area contributed by atoms with E-state index in [9.17, 15) is 13.2 Å². The highest BCUT2D eigenvalue weighted by Gasteiger charge is 2.24. The number of hydrogen-bond donors (Lipinski definition) is 1. The van der Waals surface area contributed by atoms with Gasteiger partial charge in [0.15, 0.2) is 11.5 Å². The molecule has 0 saturated carbocycles. The fourth-order valence-electron chi connectivity index (χ4n) is 4.13. The number of carbonyl (C=O) groups excluding carboxylic acids is 1. The van der Waals surface area contributed by atoms with Gasteiger partial charge in [0.1, 0.15) is 0 Å². The molecule has 1 N–H and O–H groups in total. The molecular weight excluding hydrogens is 452 g/mol. The molecule has 1 amide bonds. The lowest BCUT2D eigenvalue weighted by Gasteiger charge is -2.29. The molecule has 0 atom stereocenters. The summed E-state index contributed by atoms with van der Waals surface area (Å²) in [6.45, 7) is 4.67. The Morgan fingerprint density at radius 3 is 2.21 bits per heavy atom. The maximum absolute atomic E-state index is 13.1. The van der Waals surface area contributed by atoms with Gasteiger partial charge in [-0.2, -0.15) is 0 Å². The van der Waals surface area contributed by atoms with E-state index in [1.54, 1.807) is 62.4 Å². The number of nitrogens with zero attached hydrogens (tertiary/aromatic N) is 1. The molecule has 0 radical (unpaired) electrons. The first-order chi connectivity index (χ1) is 16.2. The summed E-state index contributed by atoms with van der Waals surface area (Å²) in [6, 6.07) is 15.7. The summed E-state index contributed by atoms with van der Waals surface area (Å²) in [7, 11) is -0.538. The number of fused-ring (bicyclic) bond motifs is 1. The first-order valence-corrected chi connectivity index (χ1v) is 12.4. The summed E-state index contributed by atoms with van der Waals surface area (Å²) < 4.78 is 39.1. The second-order valence-electron chi connectivity index (χ2n) is 8.40. The number of amides is 1. The third kappa shape index (κ3) is 4.72. The van der Waals surface area contributed by atoms with E-state index in [0.717, 1.165) is 23.1 Å². The van der Waals surface area contributed by atoms with Gasteiger partial charge in [0.05, 0.1) is 19.1 Å². The molecule has 0 aliphatic carbocycles. The summed E-state index contributed by atoms with van der Waals surface area (Å²) in [6.07, 6.45) is 0.717. The molecule has 0 aromatic heterocycles. The third-order valence-corrected chi connectivity index (χ3v) is 7.55. The zero-order valence-corrected chi connectivity index (χ0v) is 20.5. The van der Waals surface area contributed by atoms with Crippen molar-refractivity contribution in [3.63, 3.8) is 0 Å². The van der Waals surface area contributed by atoms with Crippen molar-refractivity contribution in [3.05, 3.63) is 82.4 Å². The molecule has 34 heavy (non-hydrogen) atoms. The number of ether oxygens (including phenoxy) is 2. The monoisotopic (exact) mass is 480 g/mol. The van der Waals surface area contributed by atoms with E-state index in [1.807, 2.05) is 25.1 Å². The van der Waals surface area contributed by atoms with E-state index in [0.29, 0.717) is 41.4 Å². The van der Waals surface area contributed by atoms with E-state index >= 15 is 0 Å². The van der Waals surface area contributed by atoms with Crippen molar-refractivity contribution < 1.29 is 22.7 Å². The van der Waals surface area contributed by atoms with Gasteiger partial charge in [-0.15, -0.1) is 0 Å². The fraction of sp³-hybridized carbons (Fsp3) is 0.269. The number of aryl methyl sites for hydroxylation is 2. The van der Waals surface area contributed by atoms with Crippen LogP contribution >= 0.6 is 0 Å². The SMILES string of the molecule is COc1cc2c(cc1OC)CN(C(=O)c1ccc(NS(=O)(=O)c3cc(C)ccc3C)cc1)CC2. The summed E-state index contributed by atoms with van der Waals surface area (Å²) in [5.74, 6) is 1.21. The molecule has 4 rings (SSSR count). The maximum Gasteiger partial charge on any atom is 0.262 e. The minimum atomic E-state index is -3.73. The van der Waals surface area contributed by atoms with Crippen molar-refractivity contribution in [2.45, 2.75) is 31.7 Å². The molecule has 0 bridgehead atoms. The van der Waals surface area contributed by atoms with Crippen molar-refractivity contribution in [2.24, 2.45) is 0 Å². The van der Waals surface area contributed by atoms with Gasteiger partial charge < -0.3 is 14.4 Å². The van der Waals surface area contributed by atoms with Gasteiger partial charge in [0.2, 0.25) is 0 Å². The van der Waals surface area contributed by atoms with Gasteiger partial charge in [-0.25, -0.2) is 8.42 Å². The van der Waals surface area contributed by atoms with Gasteiger partial charge in [0, 0.05) is 24.3 Å². The van der Waals surface area contributed by atoms with Crippen LogP contribution in [0.4, 0.5) is 5.69 Å². The second kappa shape index (κ2) is 9.38. The summed E-state index contributed by atoms with van der Waals surface area (Å²) in [4.78, 5) is 15.1. The number of benzene rings is 3. The number of sulfonamides is 1. The molecular formula is C26H28N2O5S. The Kier molecular flexibility index (Phi) is 6.52. The Morgan fingerprint density at radius 2 is 1.56 bits per heavy atom. The Hall–Kier alpha value is -3.52. The smallest absolute Gasteiger partial charge is 0.262 e. The van der Waals surface area contributed by atoms with Gasteiger partial charge in [-0.1, -0.05) is 12.1 Å². The minimum Gasteiger partial charge on any atom is -0.493 e. The topological polar surface area (TPSA) is 84.9 Å². The summed E-state index contributed by atoms with van der Waals surface area (Å²) >= 11 is 0. The minimum absolute atomic E-state index is 0.107. The number of hydrogen-bond acceptors (Lipinski definition) is 5. The molecule has 1 heterocycles. The van der Waals surface area contributed by atoms with E-state index in [1.165, 1.54) is 0 Å². The van der Waals surface area contributed by atoms with E-state index < -0.39 is 10.0 Å². The number of carbonyl (C=O) groups is 1. The molecule has 0 unspecified atom stereocenters. The maximum atomic E-state index is 13.1. The highest BCUT2D eigenvalue weighted by molar-refractivity contribution is 7.92.